The van der Waals surface area contributed by atoms with Crippen molar-refractivity contribution in [1.82, 2.24) is 10.3 Å². The number of nitrogens with one attached hydrogen (secondary N) is 2. The largest absolute Gasteiger partial charge is 0.384 e. The van der Waals surface area contributed by atoms with Crippen LogP contribution in [0.25, 0.3) is 0 Å². The van der Waals surface area contributed by atoms with Crippen molar-refractivity contribution < 1.29 is 9.53 Å². The summed E-state index contributed by atoms with van der Waals surface area (Å²) in [4.78, 5) is 16.0. The Bertz CT molecular complexity index is 365. The Balaban J connectivity index is 2.46. The lowest BCUT2D eigenvalue weighted by atomic mass is 10.2. The molecule has 0 aliphatic heterocycles. The Morgan fingerprint density at radius 2 is 2.28 bits per heavy atom. The molecule has 0 fully saturated rings. The highest BCUT2D eigenvalue weighted by atomic mass is 16.5. The zero-order chi connectivity index (χ0) is 13.4. The average molecular weight is 251 g/mol. The van der Waals surface area contributed by atoms with E-state index in [9.17, 15) is 4.79 Å². The van der Waals surface area contributed by atoms with E-state index in [1.807, 2.05) is 13.8 Å². The normalized spacial score (nSPS) is 11.9. The van der Waals surface area contributed by atoms with Crippen molar-refractivity contribution in [2.75, 3.05) is 32.1 Å². The minimum Gasteiger partial charge on any atom is -0.384 e. The SMILES string of the molecule is CCNc1ccc(C(=O)NCC(C)COC)cn1. The second kappa shape index (κ2) is 7.66. The minimum atomic E-state index is -0.103. The zero-order valence-electron chi connectivity index (χ0n) is 11.2. The first-order valence-corrected chi connectivity index (χ1v) is 6.14. The lowest BCUT2D eigenvalue weighted by Gasteiger charge is -2.11. The number of rotatable bonds is 7. The molecule has 0 saturated carbocycles. The smallest absolute Gasteiger partial charge is 0.252 e. The summed E-state index contributed by atoms with van der Waals surface area (Å²) in [7, 11) is 1.65. The van der Waals surface area contributed by atoms with Gasteiger partial charge in [0.25, 0.3) is 5.91 Å². The molecule has 18 heavy (non-hydrogen) atoms. The van der Waals surface area contributed by atoms with Crippen LogP contribution in [0.2, 0.25) is 0 Å². The topological polar surface area (TPSA) is 63.2 Å². The molecule has 0 saturated heterocycles. The number of amides is 1. The summed E-state index contributed by atoms with van der Waals surface area (Å²) in [5.74, 6) is 0.975. The number of aromatic nitrogens is 1. The number of nitrogens with zero attached hydrogens (tertiary/aromatic N) is 1. The van der Waals surface area contributed by atoms with Crippen LogP contribution in [0.1, 0.15) is 24.2 Å². The molecule has 1 heterocycles. The predicted molar refractivity (Wildman–Crippen MR) is 71.8 cm³/mol. The third kappa shape index (κ3) is 4.71. The van der Waals surface area contributed by atoms with E-state index in [1.165, 1.54) is 0 Å². The van der Waals surface area contributed by atoms with Crippen LogP contribution in [0.15, 0.2) is 18.3 Å². The zero-order valence-corrected chi connectivity index (χ0v) is 11.2. The van der Waals surface area contributed by atoms with E-state index in [4.69, 9.17) is 4.74 Å². The highest BCUT2D eigenvalue weighted by molar-refractivity contribution is 5.94. The summed E-state index contributed by atoms with van der Waals surface area (Å²) in [6.45, 7) is 6.07. The van der Waals surface area contributed by atoms with Crippen molar-refractivity contribution in [3.63, 3.8) is 0 Å². The van der Waals surface area contributed by atoms with Crippen LogP contribution in [-0.4, -0.2) is 37.7 Å². The van der Waals surface area contributed by atoms with Crippen LogP contribution < -0.4 is 10.6 Å². The van der Waals surface area contributed by atoms with Gasteiger partial charge in [-0.25, -0.2) is 4.98 Å². The number of ether oxygens (including phenoxy) is 1. The molecular weight excluding hydrogens is 230 g/mol. The number of anilines is 1. The van der Waals surface area contributed by atoms with Crippen LogP contribution in [0, 0.1) is 5.92 Å². The fourth-order valence-electron chi connectivity index (χ4n) is 1.53. The van der Waals surface area contributed by atoms with Gasteiger partial charge in [0, 0.05) is 26.4 Å². The molecular formula is C13H21N3O2. The molecule has 0 spiro atoms. The fraction of sp³-hybridized carbons (Fsp3) is 0.538. The molecule has 2 N–H and O–H groups in total. The van der Waals surface area contributed by atoms with Gasteiger partial charge in [0.1, 0.15) is 5.82 Å². The average Bonchev–Trinajstić information content (AvgIpc) is 2.37. The maximum atomic E-state index is 11.8. The summed E-state index contributed by atoms with van der Waals surface area (Å²) in [6, 6.07) is 3.57. The Hall–Kier alpha value is -1.62. The Labute approximate surface area is 108 Å². The molecule has 1 rings (SSSR count). The number of hydrogen-bond donors (Lipinski definition) is 2. The first-order valence-electron chi connectivity index (χ1n) is 6.14. The Morgan fingerprint density at radius 1 is 1.50 bits per heavy atom. The summed E-state index contributed by atoms with van der Waals surface area (Å²) < 4.78 is 5.01. The maximum absolute atomic E-state index is 11.8. The van der Waals surface area contributed by atoms with Gasteiger partial charge in [0.15, 0.2) is 0 Å². The number of carbonyl (C=O) groups is 1. The van der Waals surface area contributed by atoms with Crippen molar-refractivity contribution in [2.45, 2.75) is 13.8 Å². The molecule has 1 aromatic rings. The van der Waals surface area contributed by atoms with Crippen molar-refractivity contribution >= 4 is 11.7 Å². The van der Waals surface area contributed by atoms with E-state index in [-0.39, 0.29) is 5.91 Å². The Kier molecular flexibility index (Phi) is 6.14. The number of carbonyl (C=O) groups excluding carboxylic acids is 1. The highest BCUT2D eigenvalue weighted by Gasteiger charge is 2.08. The summed E-state index contributed by atoms with van der Waals surface area (Å²) in [5.41, 5.74) is 0.571. The summed E-state index contributed by atoms with van der Waals surface area (Å²) in [5, 5.41) is 5.94. The number of pyridine rings is 1. The van der Waals surface area contributed by atoms with E-state index >= 15 is 0 Å². The van der Waals surface area contributed by atoms with Crippen LogP contribution in [-0.2, 0) is 4.74 Å². The van der Waals surface area contributed by atoms with Crippen molar-refractivity contribution in [2.24, 2.45) is 5.92 Å². The van der Waals surface area contributed by atoms with Gasteiger partial charge in [0.05, 0.1) is 12.2 Å². The molecule has 5 heteroatoms. The van der Waals surface area contributed by atoms with E-state index < -0.39 is 0 Å². The highest BCUT2D eigenvalue weighted by Crippen LogP contribution is 2.04. The van der Waals surface area contributed by atoms with Gasteiger partial charge in [0.2, 0.25) is 0 Å². The standard InChI is InChI=1S/C13H21N3O2/c1-4-14-12-6-5-11(8-15-12)13(17)16-7-10(2)9-18-3/h5-6,8,10H,4,7,9H2,1-3H3,(H,14,15)(H,16,17). The second-order valence-corrected chi connectivity index (χ2v) is 4.23. The fourth-order valence-corrected chi connectivity index (χ4v) is 1.53. The van der Waals surface area contributed by atoms with E-state index in [0.717, 1.165) is 12.4 Å². The van der Waals surface area contributed by atoms with Gasteiger partial charge in [-0.05, 0) is 25.0 Å². The molecule has 1 amide bonds. The molecule has 0 radical (unpaired) electrons. The van der Waals surface area contributed by atoms with E-state index in [1.54, 1.807) is 25.4 Å². The van der Waals surface area contributed by atoms with Gasteiger partial charge >= 0.3 is 0 Å². The Morgan fingerprint density at radius 3 is 2.83 bits per heavy atom. The van der Waals surface area contributed by atoms with Crippen LogP contribution in [0.5, 0.6) is 0 Å². The monoisotopic (exact) mass is 251 g/mol. The van der Waals surface area contributed by atoms with Crippen LogP contribution >= 0.6 is 0 Å². The van der Waals surface area contributed by atoms with Gasteiger partial charge in [-0.1, -0.05) is 6.92 Å². The summed E-state index contributed by atoms with van der Waals surface area (Å²) >= 11 is 0. The molecule has 1 aromatic heterocycles. The molecule has 0 aromatic carbocycles. The first kappa shape index (κ1) is 14.4. The lowest BCUT2D eigenvalue weighted by molar-refractivity contribution is 0.0934. The lowest BCUT2D eigenvalue weighted by Crippen LogP contribution is -2.29. The summed E-state index contributed by atoms with van der Waals surface area (Å²) in [6.07, 6.45) is 1.58. The van der Waals surface area contributed by atoms with Gasteiger partial charge in [-0.3, -0.25) is 4.79 Å². The predicted octanol–water partition coefficient (Wildman–Crippen LogP) is 1.53. The molecule has 0 aliphatic carbocycles. The number of hydrogen-bond acceptors (Lipinski definition) is 4. The molecule has 5 nitrogen and oxygen atoms in total. The maximum Gasteiger partial charge on any atom is 0.252 e. The molecule has 100 valence electrons. The van der Waals surface area contributed by atoms with Crippen LogP contribution in [0.3, 0.4) is 0 Å². The molecule has 0 bridgehead atoms. The third-order valence-electron chi connectivity index (χ3n) is 2.45. The van der Waals surface area contributed by atoms with Crippen molar-refractivity contribution in [3.05, 3.63) is 23.9 Å². The van der Waals surface area contributed by atoms with Crippen molar-refractivity contribution in [3.8, 4) is 0 Å². The van der Waals surface area contributed by atoms with Crippen LogP contribution in [0.4, 0.5) is 5.82 Å². The van der Waals surface area contributed by atoms with E-state index in [2.05, 4.69) is 15.6 Å². The minimum absolute atomic E-state index is 0.103. The van der Waals surface area contributed by atoms with Gasteiger partial charge in [-0.2, -0.15) is 0 Å². The molecule has 1 atom stereocenters. The second-order valence-electron chi connectivity index (χ2n) is 4.23. The third-order valence-corrected chi connectivity index (χ3v) is 2.45. The first-order chi connectivity index (χ1) is 8.67. The van der Waals surface area contributed by atoms with E-state index in [0.29, 0.717) is 24.6 Å². The molecule has 0 aliphatic rings. The number of methoxy groups -OCH3 is 1. The van der Waals surface area contributed by atoms with Gasteiger partial charge in [-0.15, -0.1) is 0 Å². The molecule has 1 unspecified atom stereocenters. The quantitative estimate of drug-likeness (QED) is 0.771. The van der Waals surface area contributed by atoms with Crippen molar-refractivity contribution in [1.29, 1.82) is 0 Å². The van der Waals surface area contributed by atoms with Gasteiger partial charge < -0.3 is 15.4 Å².